The molecule has 1 amide bonds. The summed E-state index contributed by atoms with van der Waals surface area (Å²) in [7, 11) is 4.12. The molecule has 0 aliphatic heterocycles. The molecule has 4 nitrogen and oxygen atoms in total. The Hall–Kier alpha value is -0.610. The first-order valence-corrected chi connectivity index (χ1v) is 7.18. The fraction of sp³-hybridized carbons (Fsp3) is 0.929. The number of nitrogens with zero attached hydrogens (tertiary/aromatic N) is 2. The van der Waals surface area contributed by atoms with Crippen LogP contribution in [0.3, 0.4) is 0 Å². The lowest BCUT2D eigenvalue weighted by Gasteiger charge is -2.30. The van der Waals surface area contributed by atoms with Gasteiger partial charge in [0.15, 0.2) is 0 Å². The highest BCUT2D eigenvalue weighted by Crippen LogP contribution is 2.23. The molecule has 0 heterocycles. The fourth-order valence-electron chi connectivity index (χ4n) is 2.43. The highest BCUT2D eigenvalue weighted by Gasteiger charge is 2.26. The average molecular weight is 255 g/mol. The van der Waals surface area contributed by atoms with Crippen molar-refractivity contribution in [2.45, 2.75) is 51.6 Å². The van der Waals surface area contributed by atoms with Gasteiger partial charge in [-0.15, -0.1) is 0 Å². The Kier molecular flexibility index (Phi) is 6.65. The van der Waals surface area contributed by atoms with Crippen LogP contribution in [-0.4, -0.2) is 61.5 Å². The molecule has 0 aromatic rings. The minimum Gasteiger partial charge on any atom is -0.337 e. The van der Waals surface area contributed by atoms with Crippen molar-refractivity contribution in [1.82, 2.24) is 15.1 Å². The topological polar surface area (TPSA) is 35.6 Å². The normalized spacial score (nSPS) is 16.8. The summed E-state index contributed by atoms with van der Waals surface area (Å²) in [6.07, 6.45) is 4.91. The monoisotopic (exact) mass is 255 g/mol. The summed E-state index contributed by atoms with van der Waals surface area (Å²) < 4.78 is 0. The minimum atomic E-state index is 0.262. The smallest absolute Gasteiger partial charge is 0.236 e. The van der Waals surface area contributed by atoms with E-state index in [0.717, 1.165) is 13.1 Å². The average Bonchev–Trinajstić information content (AvgIpc) is 2.79. The molecule has 1 fully saturated rings. The van der Waals surface area contributed by atoms with Crippen molar-refractivity contribution >= 4 is 5.91 Å². The van der Waals surface area contributed by atoms with E-state index in [1.54, 1.807) is 0 Å². The first-order valence-electron chi connectivity index (χ1n) is 7.18. The predicted molar refractivity (Wildman–Crippen MR) is 75.7 cm³/mol. The van der Waals surface area contributed by atoms with Crippen LogP contribution in [0.1, 0.15) is 39.5 Å². The molecule has 1 N–H and O–H groups in total. The van der Waals surface area contributed by atoms with Gasteiger partial charge < -0.3 is 15.1 Å². The van der Waals surface area contributed by atoms with Crippen LogP contribution in [0, 0.1) is 0 Å². The van der Waals surface area contributed by atoms with Gasteiger partial charge in [-0.3, -0.25) is 4.79 Å². The maximum atomic E-state index is 12.3. The van der Waals surface area contributed by atoms with E-state index in [1.807, 2.05) is 0 Å². The third-order valence-electron chi connectivity index (χ3n) is 3.54. The van der Waals surface area contributed by atoms with Gasteiger partial charge in [-0.1, -0.05) is 26.7 Å². The molecule has 1 aliphatic rings. The maximum absolute atomic E-state index is 12.3. The van der Waals surface area contributed by atoms with Gasteiger partial charge in [0.1, 0.15) is 0 Å². The van der Waals surface area contributed by atoms with Crippen LogP contribution in [-0.2, 0) is 4.79 Å². The van der Waals surface area contributed by atoms with E-state index < -0.39 is 0 Å². The zero-order valence-corrected chi connectivity index (χ0v) is 12.4. The van der Waals surface area contributed by atoms with Crippen LogP contribution in [0.5, 0.6) is 0 Å². The molecule has 1 aliphatic carbocycles. The molecule has 1 saturated carbocycles. The van der Waals surface area contributed by atoms with Crippen molar-refractivity contribution in [2.24, 2.45) is 0 Å². The van der Waals surface area contributed by atoms with E-state index in [2.05, 4.69) is 43.1 Å². The maximum Gasteiger partial charge on any atom is 0.236 e. The molecular weight excluding hydrogens is 226 g/mol. The standard InChI is InChI=1S/C14H29N3O/c1-12(2)15-11-14(18)17(10-9-16(3)4)13-7-5-6-8-13/h12-13,15H,5-11H2,1-4H3. The lowest BCUT2D eigenvalue weighted by Crippen LogP contribution is -2.47. The zero-order chi connectivity index (χ0) is 13.5. The third-order valence-corrected chi connectivity index (χ3v) is 3.54. The van der Waals surface area contributed by atoms with Gasteiger partial charge >= 0.3 is 0 Å². The van der Waals surface area contributed by atoms with Crippen LogP contribution in [0.4, 0.5) is 0 Å². The van der Waals surface area contributed by atoms with Crippen molar-refractivity contribution in [3.63, 3.8) is 0 Å². The number of nitrogens with one attached hydrogen (secondary N) is 1. The number of carbonyl (C=O) groups is 1. The predicted octanol–water partition coefficient (Wildman–Crippen LogP) is 1.32. The molecule has 18 heavy (non-hydrogen) atoms. The second-order valence-corrected chi connectivity index (χ2v) is 5.86. The van der Waals surface area contributed by atoms with Gasteiger partial charge in [0.05, 0.1) is 6.54 Å². The number of amides is 1. The molecule has 0 saturated heterocycles. The Balaban J connectivity index is 2.49. The number of hydrogen-bond acceptors (Lipinski definition) is 3. The summed E-state index contributed by atoms with van der Waals surface area (Å²) in [6.45, 7) is 6.43. The van der Waals surface area contributed by atoms with E-state index in [-0.39, 0.29) is 5.91 Å². The molecule has 0 unspecified atom stereocenters. The lowest BCUT2D eigenvalue weighted by atomic mass is 10.2. The highest BCUT2D eigenvalue weighted by atomic mass is 16.2. The Morgan fingerprint density at radius 1 is 1.22 bits per heavy atom. The fourth-order valence-corrected chi connectivity index (χ4v) is 2.43. The van der Waals surface area contributed by atoms with Crippen molar-refractivity contribution in [3.05, 3.63) is 0 Å². The Labute approximate surface area is 112 Å². The second-order valence-electron chi connectivity index (χ2n) is 5.86. The molecule has 0 bridgehead atoms. The number of rotatable bonds is 7. The molecule has 0 aromatic carbocycles. The second kappa shape index (κ2) is 7.74. The highest BCUT2D eigenvalue weighted by molar-refractivity contribution is 5.78. The lowest BCUT2D eigenvalue weighted by molar-refractivity contribution is -0.132. The first kappa shape index (κ1) is 15.4. The Morgan fingerprint density at radius 3 is 2.33 bits per heavy atom. The summed E-state index contributed by atoms with van der Waals surface area (Å²) in [5, 5.41) is 3.23. The molecule has 0 radical (unpaired) electrons. The van der Waals surface area contributed by atoms with Gasteiger partial charge in [-0.2, -0.15) is 0 Å². The minimum absolute atomic E-state index is 0.262. The Morgan fingerprint density at radius 2 is 1.83 bits per heavy atom. The van der Waals surface area contributed by atoms with Crippen molar-refractivity contribution < 1.29 is 4.79 Å². The van der Waals surface area contributed by atoms with E-state index in [1.165, 1.54) is 25.7 Å². The van der Waals surface area contributed by atoms with Crippen molar-refractivity contribution in [2.75, 3.05) is 33.7 Å². The van der Waals surface area contributed by atoms with Crippen LogP contribution >= 0.6 is 0 Å². The summed E-state index contributed by atoms with van der Waals surface area (Å²) in [5.41, 5.74) is 0. The Bertz CT molecular complexity index is 247. The van der Waals surface area contributed by atoms with E-state index in [0.29, 0.717) is 18.6 Å². The molecule has 1 rings (SSSR count). The number of carbonyl (C=O) groups excluding carboxylic acids is 1. The van der Waals surface area contributed by atoms with E-state index in [9.17, 15) is 4.79 Å². The van der Waals surface area contributed by atoms with Gasteiger partial charge in [0.25, 0.3) is 0 Å². The SMILES string of the molecule is CC(C)NCC(=O)N(CCN(C)C)C1CCCC1. The van der Waals surface area contributed by atoms with Gasteiger partial charge in [-0.25, -0.2) is 0 Å². The van der Waals surface area contributed by atoms with E-state index >= 15 is 0 Å². The van der Waals surface area contributed by atoms with E-state index in [4.69, 9.17) is 0 Å². The molecule has 106 valence electrons. The van der Waals surface area contributed by atoms with Gasteiger partial charge in [0, 0.05) is 25.2 Å². The largest absolute Gasteiger partial charge is 0.337 e. The molecule has 0 atom stereocenters. The zero-order valence-electron chi connectivity index (χ0n) is 12.4. The van der Waals surface area contributed by atoms with Crippen LogP contribution in [0.25, 0.3) is 0 Å². The summed E-state index contributed by atoms with van der Waals surface area (Å²) in [6, 6.07) is 0.847. The molecule has 0 aromatic heterocycles. The van der Waals surface area contributed by atoms with Crippen LogP contribution in [0.15, 0.2) is 0 Å². The summed E-state index contributed by atoms with van der Waals surface area (Å²) in [5.74, 6) is 0.262. The summed E-state index contributed by atoms with van der Waals surface area (Å²) >= 11 is 0. The first-order chi connectivity index (χ1) is 8.50. The van der Waals surface area contributed by atoms with Gasteiger partial charge in [-0.05, 0) is 26.9 Å². The summed E-state index contributed by atoms with van der Waals surface area (Å²) in [4.78, 5) is 16.5. The number of hydrogen-bond donors (Lipinski definition) is 1. The van der Waals surface area contributed by atoms with Crippen LogP contribution < -0.4 is 5.32 Å². The van der Waals surface area contributed by atoms with Crippen molar-refractivity contribution in [3.8, 4) is 0 Å². The quantitative estimate of drug-likeness (QED) is 0.745. The molecule has 4 heteroatoms. The van der Waals surface area contributed by atoms with Gasteiger partial charge in [0.2, 0.25) is 5.91 Å². The molecular formula is C14H29N3O. The van der Waals surface area contributed by atoms with Crippen LogP contribution in [0.2, 0.25) is 0 Å². The molecule has 0 spiro atoms. The third kappa shape index (κ3) is 5.36. The number of likely N-dealkylation sites (N-methyl/N-ethyl adjacent to an activating group) is 1. The van der Waals surface area contributed by atoms with Crippen molar-refractivity contribution in [1.29, 1.82) is 0 Å².